The maximum atomic E-state index is 9.86. The highest BCUT2D eigenvalue weighted by molar-refractivity contribution is 5.55. The molecule has 0 saturated carbocycles. The van der Waals surface area contributed by atoms with Gasteiger partial charge in [0.15, 0.2) is 0 Å². The number of nitrogens with two attached hydrogens (primary N) is 1. The Morgan fingerprint density at radius 3 is 2.69 bits per heavy atom. The molecule has 0 unspecified atom stereocenters. The topological polar surface area (TPSA) is 58.7 Å². The minimum Gasteiger partial charge on any atom is -0.387 e. The average Bonchev–Trinajstić information content (AvgIpc) is 2.39. The first-order valence-electron chi connectivity index (χ1n) is 5.62. The number of ether oxygens (including phenoxy) is 1. The number of rotatable bonds is 3. The Morgan fingerprint density at radius 1 is 1.31 bits per heavy atom. The lowest BCUT2D eigenvalue weighted by Gasteiger charge is -2.31. The molecule has 0 aliphatic carbocycles. The maximum absolute atomic E-state index is 9.86. The third-order valence-electron chi connectivity index (χ3n) is 2.87. The molecule has 0 bridgehead atoms. The van der Waals surface area contributed by atoms with E-state index in [0.717, 1.165) is 37.6 Å². The van der Waals surface area contributed by atoms with Crippen molar-refractivity contribution in [2.24, 2.45) is 5.73 Å². The van der Waals surface area contributed by atoms with Crippen LogP contribution in [0.4, 0.5) is 5.69 Å². The van der Waals surface area contributed by atoms with Crippen LogP contribution < -0.4 is 10.6 Å². The normalized spacial score (nSPS) is 18.5. The number of hydrogen-bond acceptors (Lipinski definition) is 4. The predicted molar refractivity (Wildman–Crippen MR) is 63.5 cm³/mol. The van der Waals surface area contributed by atoms with E-state index in [4.69, 9.17) is 10.5 Å². The number of anilines is 1. The van der Waals surface area contributed by atoms with E-state index in [1.54, 1.807) is 0 Å². The molecule has 4 nitrogen and oxygen atoms in total. The molecule has 0 aromatic heterocycles. The van der Waals surface area contributed by atoms with E-state index in [1.165, 1.54) is 0 Å². The highest BCUT2D eigenvalue weighted by Gasteiger charge is 2.17. The van der Waals surface area contributed by atoms with Gasteiger partial charge in [0.25, 0.3) is 0 Å². The van der Waals surface area contributed by atoms with E-state index >= 15 is 0 Å². The molecule has 1 aliphatic rings. The van der Waals surface area contributed by atoms with Gasteiger partial charge in [0.1, 0.15) is 0 Å². The summed E-state index contributed by atoms with van der Waals surface area (Å²) in [6.45, 7) is 3.48. The lowest BCUT2D eigenvalue weighted by molar-refractivity contribution is 0.122. The second-order valence-corrected chi connectivity index (χ2v) is 3.91. The summed E-state index contributed by atoms with van der Waals surface area (Å²) < 4.78 is 5.32. The highest BCUT2D eigenvalue weighted by Crippen LogP contribution is 2.26. The van der Waals surface area contributed by atoms with Crippen LogP contribution in [0, 0.1) is 0 Å². The van der Waals surface area contributed by atoms with Gasteiger partial charge in [0, 0.05) is 30.9 Å². The molecule has 1 aromatic rings. The summed E-state index contributed by atoms with van der Waals surface area (Å²) in [6.07, 6.45) is -0.584. The first-order chi connectivity index (χ1) is 7.83. The Hall–Kier alpha value is -1.10. The van der Waals surface area contributed by atoms with Crippen LogP contribution >= 0.6 is 0 Å². The summed E-state index contributed by atoms with van der Waals surface area (Å²) in [5, 5.41) is 9.86. The zero-order valence-electron chi connectivity index (χ0n) is 9.30. The molecule has 2 rings (SSSR count). The number of aliphatic hydroxyl groups excluding tert-OH is 1. The van der Waals surface area contributed by atoms with Crippen molar-refractivity contribution in [1.82, 2.24) is 0 Å². The molecule has 1 aliphatic heterocycles. The van der Waals surface area contributed by atoms with Gasteiger partial charge in [0.05, 0.1) is 19.3 Å². The molecular formula is C12H18N2O2. The van der Waals surface area contributed by atoms with Crippen LogP contribution in [0.3, 0.4) is 0 Å². The molecule has 1 saturated heterocycles. The molecular weight excluding hydrogens is 204 g/mol. The van der Waals surface area contributed by atoms with Gasteiger partial charge in [-0.1, -0.05) is 18.2 Å². The first kappa shape index (κ1) is 11.4. The standard InChI is InChI=1S/C12H18N2O2/c13-9-12(15)10-3-1-2-4-11(10)14-5-7-16-8-6-14/h1-4,12,15H,5-9,13H2/t12-/m1/s1. The predicted octanol–water partition coefficient (Wildman–Crippen LogP) is 0.515. The van der Waals surface area contributed by atoms with E-state index < -0.39 is 6.10 Å². The van der Waals surface area contributed by atoms with Gasteiger partial charge in [-0.15, -0.1) is 0 Å². The van der Waals surface area contributed by atoms with Gasteiger partial charge in [-0.05, 0) is 6.07 Å². The van der Waals surface area contributed by atoms with Crippen LogP contribution in [0.15, 0.2) is 24.3 Å². The molecule has 88 valence electrons. The van der Waals surface area contributed by atoms with Crippen LogP contribution in [0.5, 0.6) is 0 Å². The molecule has 1 atom stereocenters. The van der Waals surface area contributed by atoms with Gasteiger partial charge >= 0.3 is 0 Å². The van der Waals surface area contributed by atoms with Crippen molar-refractivity contribution in [3.8, 4) is 0 Å². The fourth-order valence-electron chi connectivity index (χ4n) is 1.99. The summed E-state index contributed by atoms with van der Waals surface area (Å²) in [4.78, 5) is 2.23. The number of hydrogen-bond donors (Lipinski definition) is 2. The lowest BCUT2D eigenvalue weighted by Crippen LogP contribution is -2.37. The summed E-state index contributed by atoms with van der Waals surface area (Å²) in [5.74, 6) is 0. The smallest absolute Gasteiger partial charge is 0.0932 e. The second kappa shape index (κ2) is 5.30. The lowest BCUT2D eigenvalue weighted by atomic mass is 10.1. The molecule has 4 heteroatoms. The van der Waals surface area contributed by atoms with Gasteiger partial charge in [-0.2, -0.15) is 0 Å². The number of morpholine rings is 1. The zero-order valence-corrected chi connectivity index (χ0v) is 9.30. The van der Waals surface area contributed by atoms with Crippen LogP contribution in [0.25, 0.3) is 0 Å². The maximum Gasteiger partial charge on any atom is 0.0932 e. The van der Waals surface area contributed by atoms with E-state index in [1.807, 2.05) is 24.3 Å². The molecule has 1 fully saturated rings. The number of para-hydroxylation sites is 1. The third-order valence-corrected chi connectivity index (χ3v) is 2.87. The minimum absolute atomic E-state index is 0.251. The number of nitrogens with zero attached hydrogens (tertiary/aromatic N) is 1. The van der Waals surface area contributed by atoms with Crippen LogP contribution in [0.2, 0.25) is 0 Å². The number of aliphatic hydroxyl groups is 1. The average molecular weight is 222 g/mol. The van der Waals surface area contributed by atoms with Crippen molar-refractivity contribution in [3.05, 3.63) is 29.8 Å². The summed E-state index contributed by atoms with van der Waals surface area (Å²) in [6, 6.07) is 7.87. The Bertz CT molecular complexity index is 338. The van der Waals surface area contributed by atoms with Gasteiger partial charge < -0.3 is 20.5 Å². The molecule has 0 amide bonds. The zero-order chi connectivity index (χ0) is 11.4. The van der Waals surface area contributed by atoms with Crippen molar-refractivity contribution < 1.29 is 9.84 Å². The molecule has 16 heavy (non-hydrogen) atoms. The highest BCUT2D eigenvalue weighted by atomic mass is 16.5. The van der Waals surface area contributed by atoms with Crippen molar-refractivity contribution in [1.29, 1.82) is 0 Å². The summed E-state index contributed by atoms with van der Waals surface area (Å²) in [5.41, 5.74) is 7.49. The minimum atomic E-state index is -0.584. The number of benzene rings is 1. The van der Waals surface area contributed by atoms with Crippen molar-refractivity contribution in [2.75, 3.05) is 37.7 Å². The monoisotopic (exact) mass is 222 g/mol. The summed E-state index contributed by atoms with van der Waals surface area (Å²) in [7, 11) is 0. The molecule has 1 aromatic carbocycles. The van der Waals surface area contributed by atoms with Crippen molar-refractivity contribution in [3.63, 3.8) is 0 Å². The van der Waals surface area contributed by atoms with Gasteiger partial charge in [-0.25, -0.2) is 0 Å². The van der Waals surface area contributed by atoms with Crippen LogP contribution in [0.1, 0.15) is 11.7 Å². The molecule has 0 radical (unpaired) electrons. The van der Waals surface area contributed by atoms with Crippen molar-refractivity contribution >= 4 is 5.69 Å². The molecule has 3 N–H and O–H groups in total. The third kappa shape index (κ3) is 2.35. The Labute approximate surface area is 95.6 Å². The van der Waals surface area contributed by atoms with E-state index in [2.05, 4.69) is 4.90 Å². The van der Waals surface area contributed by atoms with Gasteiger partial charge in [-0.3, -0.25) is 0 Å². The SMILES string of the molecule is NC[C@@H](O)c1ccccc1N1CCOCC1. The fraction of sp³-hybridized carbons (Fsp3) is 0.500. The summed E-state index contributed by atoms with van der Waals surface area (Å²) >= 11 is 0. The quantitative estimate of drug-likeness (QED) is 0.782. The van der Waals surface area contributed by atoms with E-state index in [9.17, 15) is 5.11 Å². The first-order valence-corrected chi connectivity index (χ1v) is 5.62. The van der Waals surface area contributed by atoms with Gasteiger partial charge in [0.2, 0.25) is 0 Å². The van der Waals surface area contributed by atoms with E-state index in [0.29, 0.717) is 0 Å². The Morgan fingerprint density at radius 2 is 2.00 bits per heavy atom. The second-order valence-electron chi connectivity index (χ2n) is 3.91. The van der Waals surface area contributed by atoms with E-state index in [-0.39, 0.29) is 6.54 Å². The molecule has 0 spiro atoms. The Balaban J connectivity index is 2.24. The Kier molecular flexibility index (Phi) is 3.77. The fourth-order valence-corrected chi connectivity index (χ4v) is 1.99. The molecule has 1 heterocycles. The largest absolute Gasteiger partial charge is 0.387 e. The van der Waals surface area contributed by atoms with Crippen molar-refractivity contribution in [2.45, 2.75) is 6.10 Å². The van der Waals surface area contributed by atoms with Crippen LogP contribution in [-0.2, 0) is 4.74 Å². The van der Waals surface area contributed by atoms with Crippen LogP contribution in [-0.4, -0.2) is 38.0 Å².